The van der Waals surface area contributed by atoms with Crippen LogP contribution >= 0.6 is 24.0 Å². The molecule has 1 heterocycles. The molecule has 1 atom stereocenters. The van der Waals surface area contributed by atoms with Crippen molar-refractivity contribution in [3.8, 4) is 11.3 Å². The molecular weight excluding hydrogens is 461 g/mol. The monoisotopic (exact) mass is 489 g/mol. The van der Waals surface area contributed by atoms with Crippen LogP contribution in [0.3, 0.4) is 0 Å². The highest BCUT2D eigenvalue weighted by Gasteiger charge is 2.12. The molecule has 28 heavy (non-hydrogen) atoms. The van der Waals surface area contributed by atoms with Gasteiger partial charge in [-0.2, -0.15) is 0 Å². The number of nitrogens with one attached hydrogen (secondary N) is 2. The Morgan fingerprint density at radius 3 is 2.39 bits per heavy atom. The van der Waals surface area contributed by atoms with E-state index < -0.39 is 0 Å². The van der Waals surface area contributed by atoms with Crippen LogP contribution in [0.5, 0.6) is 0 Å². The van der Waals surface area contributed by atoms with Crippen LogP contribution in [-0.2, 0) is 6.54 Å². The Bertz CT molecular complexity index is 861. The third-order valence-electron chi connectivity index (χ3n) is 4.61. The van der Waals surface area contributed by atoms with Crippen molar-refractivity contribution < 1.29 is 0 Å². The predicted molar refractivity (Wildman–Crippen MR) is 127 cm³/mol. The third kappa shape index (κ3) is 5.82. The van der Waals surface area contributed by atoms with Crippen molar-refractivity contribution in [1.82, 2.24) is 20.2 Å². The zero-order chi connectivity index (χ0) is 19.1. The van der Waals surface area contributed by atoms with Gasteiger partial charge in [-0.15, -0.1) is 24.0 Å². The smallest absolute Gasteiger partial charge is 0.193 e. The highest BCUT2D eigenvalue weighted by molar-refractivity contribution is 14.0. The molecule has 0 spiro atoms. The lowest BCUT2D eigenvalue weighted by molar-refractivity contribution is 0.461. The van der Waals surface area contributed by atoms with Crippen molar-refractivity contribution in [2.24, 2.45) is 4.99 Å². The van der Waals surface area contributed by atoms with Gasteiger partial charge in [-0.05, 0) is 17.0 Å². The Balaban J connectivity index is 0.00000280. The highest BCUT2D eigenvalue weighted by atomic mass is 127. The van der Waals surface area contributed by atoms with Crippen molar-refractivity contribution in [3.05, 3.63) is 78.2 Å². The van der Waals surface area contributed by atoms with Crippen LogP contribution in [0.1, 0.15) is 24.2 Å². The first-order chi connectivity index (χ1) is 13.2. The summed E-state index contributed by atoms with van der Waals surface area (Å²) in [7, 11) is 3.83. The van der Waals surface area contributed by atoms with Crippen molar-refractivity contribution in [3.63, 3.8) is 0 Å². The van der Waals surface area contributed by atoms with Crippen molar-refractivity contribution in [1.29, 1.82) is 0 Å². The molecule has 1 aromatic heterocycles. The SMILES string of the molecule is CN=C(NCC(C)c1ccccc1)N(C)Cc1ncc(-c2ccccc2)[nH]1.I. The van der Waals surface area contributed by atoms with E-state index >= 15 is 0 Å². The number of aromatic nitrogens is 2. The number of hydrogen-bond donors (Lipinski definition) is 2. The van der Waals surface area contributed by atoms with Crippen LogP contribution in [0.25, 0.3) is 11.3 Å². The summed E-state index contributed by atoms with van der Waals surface area (Å²) in [6.07, 6.45) is 1.88. The number of imidazole rings is 1. The minimum absolute atomic E-state index is 0. The zero-order valence-corrected chi connectivity index (χ0v) is 18.9. The number of guanidine groups is 1. The van der Waals surface area contributed by atoms with Crippen LogP contribution in [0.2, 0.25) is 0 Å². The van der Waals surface area contributed by atoms with E-state index in [0.29, 0.717) is 12.5 Å². The fourth-order valence-corrected chi connectivity index (χ4v) is 3.04. The first-order valence-corrected chi connectivity index (χ1v) is 9.23. The Labute approximate surface area is 184 Å². The number of hydrogen-bond acceptors (Lipinski definition) is 2. The minimum Gasteiger partial charge on any atom is -0.356 e. The van der Waals surface area contributed by atoms with Crippen LogP contribution < -0.4 is 5.32 Å². The summed E-state index contributed by atoms with van der Waals surface area (Å²) in [6, 6.07) is 20.7. The first kappa shape index (κ1) is 21.9. The fraction of sp³-hybridized carbons (Fsp3) is 0.273. The van der Waals surface area contributed by atoms with Gasteiger partial charge in [0.25, 0.3) is 0 Å². The number of nitrogens with zero attached hydrogens (tertiary/aromatic N) is 3. The van der Waals surface area contributed by atoms with Gasteiger partial charge in [-0.25, -0.2) is 4.98 Å². The van der Waals surface area contributed by atoms with Crippen molar-refractivity contribution >= 4 is 29.9 Å². The average molecular weight is 489 g/mol. The van der Waals surface area contributed by atoms with Crippen molar-refractivity contribution in [2.75, 3.05) is 20.6 Å². The maximum absolute atomic E-state index is 4.51. The Kier molecular flexibility index (Phi) is 8.50. The maximum Gasteiger partial charge on any atom is 0.193 e. The summed E-state index contributed by atoms with van der Waals surface area (Å²) in [4.78, 5) is 14.4. The second-order valence-corrected chi connectivity index (χ2v) is 6.71. The first-order valence-electron chi connectivity index (χ1n) is 9.23. The number of halogens is 1. The number of benzene rings is 2. The molecule has 3 rings (SSSR count). The quantitative estimate of drug-likeness (QED) is 0.305. The number of aliphatic imine (C=N–C) groups is 1. The molecule has 0 aliphatic carbocycles. The van der Waals surface area contributed by atoms with Gasteiger partial charge in [0.15, 0.2) is 5.96 Å². The summed E-state index contributed by atoms with van der Waals surface area (Å²) in [5.41, 5.74) is 3.49. The van der Waals surface area contributed by atoms with Gasteiger partial charge in [-0.1, -0.05) is 67.6 Å². The third-order valence-corrected chi connectivity index (χ3v) is 4.61. The highest BCUT2D eigenvalue weighted by Crippen LogP contribution is 2.17. The molecular formula is C22H28IN5. The second-order valence-electron chi connectivity index (χ2n) is 6.71. The lowest BCUT2D eigenvalue weighted by Crippen LogP contribution is -2.40. The Morgan fingerprint density at radius 1 is 1.11 bits per heavy atom. The number of aromatic amines is 1. The molecule has 1 unspecified atom stereocenters. The van der Waals surface area contributed by atoms with Crippen LogP contribution in [-0.4, -0.2) is 41.5 Å². The Hall–Kier alpha value is -2.35. The van der Waals surface area contributed by atoms with E-state index in [2.05, 4.69) is 68.5 Å². The molecule has 0 bridgehead atoms. The Morgan fingerprint density at radius 2 is 1.75 bits per heavy atom. The summed E-state index contributed by atoms with van der Waals surface area (Å²) >= 11 is 0. The standard InChI is InChI=1S/C22H27N5.HI/c1-17(18-10-6-4-7-11-18)14-25-22(23-2)27(3)16-21-24-15-20(26-21)19-12-8-5-9-13-19;/h4-13,15,17H,14,16H2,1-3H3,(H,23,25)(H,24,26);1H. The van der Waals surface area contributed by atoms with E-state index in [1.54, 1.807) is 0 Å². The molecule has 2 N–H and O–H groups in total. The molecule has 0 fully saturated rings. The summed E-state index contributed by atoms with van der Waals surface area (Å²) in [5.74, 6) is 2.18. The van der Waals surface area contributed by atoms with Gasteiger partial charge in [0.05, 0.1) is 18.4 Å². The lowest BCUT2D eigenvalue weighted by atomic mass is 10.0. The lowest BCUT2D eigenvalue weighted by Gasteiger charge is -2.23. The van der Waals surface area contributed by atoms with E-state index in [1.165, 1.54) is 5.56 Å². The van der Waals surface area contributed by atoms with Crippen LogP contribution in [0, 0.1) is 0 Å². The molecule has 3 aromatic rings. The van der Waals surface area contributed by atoms with E-state index in [4.69, 9.17) is 0 Å². The maximum atomic E-state index is 4.51. The van der Waals surface area contributed by atoms with Crippen LogP contribution in [0.15, 0.2) is 71.9 Å². The normalized spacial score (nSPS) is 12.2. The summed E-state index contributed by atoms with van der Waals surface area (Å²) in [6.45, 7) is 3.70. The number of H-pyrrole nitrogens is 1. The molecule has 0 saturated carbocycles. The van der Waals surface area contributed by atoms with Crippen molar-refractivity contribution in [2.45, 2.75) is 19.4 Å². The van der Waals surface area contributed by atoms with Gasteiger partial charge < -0.3 is 15.2 Å². The minimum atomic E-state index is 0. The van der Waals surface area contributed by atoms with Gasteiger partial charge in [-0.3, -0.25) is 4.99 Å². The topological polar surface area (TPSA) is 56.3 Å². The summed E-state index contributed by atoms with van der Waals surface area (Å²) < 4.78 is 0. The molecule has 0 amide bonds. The molecule has 0 aliphatic heterocycles. The van der Waals surface area contributed by atoms with E-state index in [0.717, 1.165) is 29.6 Å². The fourth-order valence-electron chi connectivity index (χ4n) is 3.04. The van der Waals surface area contributed by atoms with E-state index in [1.807, 2.05) is 44.6 Å². The molecule has 0 radical (unpaired) electrons. The largest absolute Gasteiger partial charge is 0.356 e. The molecule has 0 aliphatic rings. The second kappa shape index (κ2) is 10.8. The van der Waals surface area contributed by atoms with Gasteiger partial charge in [0.2, 0.25) is 0 Å². The van der Waals surface area contributed by atoms with Gasteiger partial charge >= 0.3 is 0 Å². The zero-order valence-electron chi connectivity index (χ0n) is 16.6. The average Bonchev–Trinajstić information content (AvgIpc) is 3.18. The van der Waals surface area contributed by atoms with E-state index in [9.17, 15) is 0 Å². The van der Waals surface area contributed by atoms with Crippen LogP contribution in [0.4, 0.5) is 0 Å². The summed E-state index contributed by atoms with van der Waals surface area (Å²) in [5, 5.41) is 3.46. The molecule has 6 heteroatoms. The van der Waals surface area contributed by atoms with Gasteiger partial charge in [0, 0.05) is 20.6 Å². The predicted octanol–water partition coefficient (Wildman–Crippen LogP) is 4.51. The molecule has 0 saturated heterocycles. The molecule has 5 nitrogen and oxygen atoms in total. The number of rotatable bonds is 6. The molecule has 148 valence electrons. The molecule has 2 aromatic carbocycles. The van der Waals surface area contributed by atoms with E-state index in [-0.39, 0.29) is 24.0 Å². The van der Waals surface area contributed by atoms with Gasteiger partial charge in [0.1, 0.15) is 5.82 Å².